The minimum Gasteiger partial charge on any atom is -0.469 e. The first-order valence-corrected chi connectivity index (χ1v) is 8.74. The Balaban J connectivity index is 2.16. The molecule has 1 aromatic heterocycles. The van der Waals surface area contributed by atoms with Crippen molar-refractivity contribution in [3.63, 3.8) is 0 Å². The van der Waals surface area contributed by atoms with Gasteiger partial charge in [0.1, 0.15) is 5.76 Å². The van der Waals surface area contributed by atoms with Crippen LogP contribution in [0.25, 0.3) is 0 Å². The van der Waals surface area contributed by atoms with Crippen molar-refractivity contribution in [1.82, 2.24) is 5.32 Å². The van der Waals surface area contributed by atoms with Gasteiger partial charge < -0.3 is 9.73 Å². The van der Waals surface area contributed by atoms with Gasteiger partial charge in [-0.3, -0.25) is 4.79 Å². The molecule has 1 N–H and O–H groups in total. The van der Waals surface area contributed by atoms with E-state index in [-0.39, 0.29) is 22.3 Å². The highest BCUT2D eigenvalue weighted by molar-refractivity contribution is 7.91. The lowest BCUT2D eigenvalue weighted by atomic mass is 10.1. The van der Waals surface area contributed by atoms with Crippen LogP contribution in [0.1, 0.15) is 30.0 Å². The fourth-order valence-electron chi connectivity index (χ4n) is 2.16. The summed E-state index contributed by atoms with van der Waals surface area (Å²) >= 11 is 0. The van der Waals surface area contributed by atoms with Gasteiger partial charge in [-0.05, 0) is 31.2 Å². The molecule has 6 heteroatoms. The summed E-state index contributed by atoms with van der Waals surface area (Å²) in [6, 6.07) is 9.70. The lowest BCUT2D eigenvalue weighted by molar-refractivity contribution is 0.0936. The number of hydrogen-bond donors (Lipinski definition) is 1. The van der Waals surface area contributed by atoms with E-state index in [2.05, 4.69) is 5.32 Å². The minimum absolute atomic E-state index is 0.0424. The molecule has 22 heavy (non-hydrogen) atoms. The molecule has 0 aliphatic carbocycles. The molecule has 0 saturated carbocycles. The molecular formula is C16H19NO4S. The second kappa shape index (κ2) is 6.79. The van der Waals surface area contributed by atoms with Crippen LogP contribution in [-0.4, -0.2) is 26.1 Å². The van der Waals surface area contributed by atoms with E-state index in [1.807, 2.05) is 13.0 Å². The normalized spacial score (nSPS) is 12.8. The van der Waals surface area contributed by atoms with Gasteiger partial charge in [-0.25, -0.2) is 8.42 Å². The molecule has 5 nitrogen and oxygen atoms in total. The number of carbonyl (C=O) groups is 1. The lowest BCUT2D eigenvalue weighted by Gasteiger charge is -2.14. The Kier molecular flexibility index (Phi) is 5.03. The van der Waals surface area contributed by atoms with Gasteiger partial charge in [0, 0.05) is 12.5 Å². The first-order valence-electron chi connectivity index (χ1n) is 7.09. The molecule has 0 spiro atoms. The monoisotopic (exact) mass is 321 g/mol. The maximum atomic E-state index is 12.4. The molecule has 2 aromatic rings. The van der Waals surface area contributed by atoms with Crippen molar-refractivity contribution in [1.29, 1.82) is 0 Å². The molecule has 0 radical (unpaired) electrons. The number of carbonyl (C=O) groups excluding carboxylic acids is 1. The van der Waals surface area contributed by atoms with Gasteiger partial charge in [-0.15, -0.1) is 0 Å². The van der Waals surface area contributed by atoms with Crippen LogP contribution in [0.2, 0.25) is 0 Å². The van der Waals surface area contributed by atoms with E-state index in [4.69, 9.17) is 4.42 Å². The average Bonchev–Trinajstić information content (AvgIpc) is 3.00. The molecule has 118 valence electrons. The van der Waals surface area contributed by atoms with Crippen molar-refractivity contribution in [3.8, 4) is 0 Å². The second-order valence-corrected chi connectivity index (χ2v) is 7.30. The summed E-state index contributed by atoms with van der Waals surface area (Å²) in [5.41, 5.74) is 0.177. The summed E-state index contributed by atoms with van der Waals surface area (Å²) in [6.07, 6.45) is 2.12. The molecule has 0 fully saturated rings. The van der Waals surface area contributed by atoms with E-state index in [9.17, 15) is 13.2 Å². The van der Waals surface area contributed by atoms with Crippen LogP contribution in [0.5, 0.6) is 0 Å². The predicted molar refractivity (Wildman–Crippen MR) is 83.5 cm³/mol. The van der Waals surface area contributed by atoms with Crippen molar-refractivity contribution >= 4 is 15.7 Å². The van der Waals surface area contributed by atoms with Crippen LogP contribution in [0.4, 0.5) is 0 Å². The maximum absolute atomic E-state index is 12.4. The van der Waals surface area contributed by atoms with E-state index in [0.29, 0.717) is 6.42 Å². The molecule has 0 aliphatic heterocycles. The number of hydrogen-bond acceptors (Lipinski definition) is 4. The highest BCUT2D eigenvalue weighted by Gasteiger charge is 2.21. The van der Waals surface area contributed by atoms with Gasteiger partial charge in [-0.2, -0.15) is 0 Å². The van der Waals surface area contributed by atoms with Crippen LogP contribution in [-0.2, 0) is 16.3 Å². The van der Waals surface area contributed by atoms with Crippen LogP contribution in [0.3, 0.4) is 0 Å². The van der Waals surface area contributed by atoms with Crippen LogP contribution in [0, 0.1) is 0 Å². The van der Waals surface area contributed by atoms with Crippen LogP contribution in [0.15, 0.2) is 52.0 Å². The van der Waals surface area contributed by atoms with Crippen molar-refractivity contribution in [2.45, 2.75) is 31.2 Å². The number of benzene rings is 1. The zero-order valence-electron chi connectivity index (χ0n) is 12.6. The highest BCUT2D eigenvalue weighted by Crippen LogP contribution is 2.17. The van der Waals surface area contributed by atoms with Crippen molar-refractivity contribution in [2.75, 3.05) is 5.75 Å². The van der Waals surface area contributed by atoms with Crippen molar-refractivity contribution in [3.05, 3.63) is 54.0 Å². The second-order valence-electron chi connectivity index (χ2n) is 5.06. The fourth-order valence-corrected chi connectivity index (χ4v) is 3.26. The number of nitrogens with one attached hydrogen (secondary N) is 1. The summed E-state index contributed by atoms with van der Waals surface area (Å²) in [5, 5.41) is 2.81. The third-order valence-electron chi connectivity index (χ3n) is 3.31. The molecular weight excluding hydrogens is 302 g/mol. The molecule has 1 heterocycles. The molecule has 1 unspecified atom stereocenters. The molecule has 0 bridgehead atoms. The Bertz CT molecular complexity index is 735. The summed E-state index contributed by atoms with van der Waals surface area (Å²) < 4.78 is 29.4. The Morgan fingerprint density at radius 1 is 1.23 bits per heavy atom. The topological polar surface area (TPSA) is 76.4 Å². The first-order chi connectivity index (χ1) is 10.4. The van der Waals surface area contributed by atoms with Crippen LogP contribution < -0.4 is 5.32 Å². The largest absolute Gasteiger partial charge is 0.469 e. The Morgan fingerprint density at radius 3 is 2.59 bits per heavy atom. The van der Waals surface area contributed by atoms with Crippen molar-refractivity contribution < 1.29 is 17.6 Å². The van der Waals surface area contributed by atoms with E-state index in [1.165, 1.54) is 12.1 Å². The van der Waals surface area contributed by atoms with Crippen LogP contribution >= 0.6 is 0 Å². The zero-order valence-corrected chi connectivity index (χ0v) is 13.4. The quantitative estimate of drug-likeness (QED) is 0.886. The molecule has 1 aromatic carbocycles. The first kappa shape index (κ1) is 16.3. The predicted octanol–water partition coefficient (Wildman–Crippen LogP) is 2.43. The average molecular weight is 321 g/mol. The SMILES string of the molecule is CCS(=O)(=O)c1ccccc1C(=O)NC(C)Cc1ccco1. The van der Waals surface area contributed by atoms with E-state index in [1.54, 1.807) is 31.4 Å². The Hall–Kier alpha value is -2.08. The van der Waals surface area contributed by atoms with E-state index in [0.717, 1.165) is 5.76 Å². The number of rotatable bonds is 6. The zero-order chi connectivity index (χ0) is 16.2. The standard InChI is InChI=1S/C16H19NO4S/c1-3-22(19,20)15-9-5-4-8-14(15)16(18)17-12(2)11-13-7-6-10-21-13/h4-10,12H,3,11H2,1-2H3,(H,17,18). The summed E-state index contributed by atoms with van der Waals surface area (Å²) in [6.45, 7) is 3.40. The minimum atomic E-state index is -3.44. The third kappa shape index (κ3) is 3.76. The van der Waals surface area contributed by atoms with Crippen molar-refractivity contribution in [2.24, 2.45) is 0 Å². The Labute approximate surface area is 130 Å². The van der Waals surface area contributed by atoms with Gasteiger partial charge in [0.15, 0.2) is 9.84 Å². The molecule has 2 rings (SSSR count). The number of sulfone groups is 1. The number of furan rings is 1. The molecule has 0 saturated heterocycles. The van der Waals surface area contributed by atoms with E-state index < -0.39 is 15.7 Å². The lowest BCUT2D eigenvalue weighted by Crippen LogP contribution is -2.34. The summed E-state index contributed by atoms with van der Waals surface area (Å²) in [4.78, 5) is 12.4. The molecule has 1 amide bonds. The summed E-state index contributed by atoms with van der Waals surface area (Å²) in [7, 11) is -3.44. The van der Waals surface area contributed by atoms with Gasteiger partial charge in [0.25, 0.3) is 5.91 Å². The Morgan fingerprint density at radius 2 is 1.95 bits per heavy atom. The summed E-state index contributed by atoms with van der Waals surface area (Å²) in [5.74, 6) is 0.327. The van der Waals surface area contributed by atoms with E-state index >= 15 is 0 Å². The van der Waals surface area contributed by atoms with Gasteiger partial charge in [0.05, 0.1) is 22.5 Å². The molecule has 0 aliphatic rings. The molecule has 1 atom stereocenters. The highest BCUT2D eigenvalue weighted by atomic mass is 32.2. The smallest absolute Gasteiger partial charge is 0.252 e. The number of amides is 1. The fraction of sp³-hybridized carbons (Fsp3) is 0.312. The van der Waals surface area contributed by atoms with Gasteiger partial charge in [0.2, 0.25) is 0 Å². The third-order valence-corrected chi connectivity index (χ3v) is 5.10. The maximum Gasteiger partial charge on any atom is 0.252 e. The van der Waals surface area contributed by atoms with Gasteiger partial charge in [-0.1, -0.05) is 19.1 Å². The van der Waals surface area contributed by atoms with Gasteiger partial charge >= 0.3 is 0 Å².